The Morgan fingerprint density at radius 1 is 0.889 bits per heavy atom. The molecule has 0 saturated carbocycles. The topological polar surface area (TPSA) is 50.7 Å². The van der Waals surface area contributed by atoms with Gasteiger partial charge in [0.15, 0.2) is 0 Å². The van der Waals surface area contributed by atoms with Crippen molar-refractivity contribution in [3.05, 3.63) is 58.8 Å². The lowest BCUT2D eigenvalue weighted by molar-refractivity contribution is 0.626. The van der Waals surface area contributed by atoms with Gasteiger partial charge in [0, 0.05) is 28.1 Å². The Balaban J connectivity index is 2.26. The Morgan fingerprint density at radius 3 is 2.04 bits per heavy atom. The monoisotopic (exact) mass is 384 g/mol. The third kappa shape index (κ3) is 4.61. The lowest BCUT2D eigenvalue weighted by Crippen LogP contribution is -2.27. The van der Waals surface area contributed by atoms with E-state index in [1.807, 2.05) is 46.8 Å². The minimum absolute atomic E-state index is 0.227. The summed E-state index contributed by atoms with van der Waals surface area (Å²) in [6, 6.07) is 10.1. The molecule has 0 saturated heterocycles. The van der Waals surface area contributed by atoms with Crippen LogP contribution in [0.3, 0.4) is 0 Å². The standard InChI is InChI=1S/C21H22ClFN4/c1-12-10-15(11-13(2)24-12)17-18(14-6-8-16(23)9-7-14)25-20(26-19(17)22)27-21(3,4)5/h6-11H,1-5H3,(H,25,26,27). The second-order valence-corrected chi connectivity index (χ2v) is 7.94. The highest BCUT2D eigenvalue weighted by Gasteiger charge is 2.20. The maximum Gasteiger partial charge on any atom is 0.225 e. The Labute approximate surface area is 163 Å². The van der Waals surface area contributed by atoms with Crippen LogP contribution in [0.2, 0.25) is 5.15 Å². The summed E-state index contributed by atoms with van der Waals surface area (Å²) >= 11 is 6.60. The third-order valence-corrected chi connectivity index (χ3v) is 4.11. The van der Waals surface area contributed by atoms with Crippen molar-refractivity contribution in [2.24, 2.45) is 0 Å². The Morgan fingerprint density at radius 2 is 1.48 bits per heavy atom. The van der Waals surface area contributed by atoms with Gasteiger partial charge in [-0.2, -0.15) is 0 Å². The van der Waals surface area contributed by atoms with Crippen molar-refractivity contribution in [3.8, 4) is 22.4 Å². The van der Waals surface area contributed by atoms with E-state index in [4.69, 9.17) is 16.6 Å². The van der Waals surface area contributed by atoms with Crippen LogP contribution in [0.1, 0.15) is 32.2 Å². The minimum Gasteiger partial charge on any atom is -0.350 e. The van der Waals surface area contributed by atoms with Crippen LogP contribution >= 0.6 is 11.6 Å². The number of anilines is 1. The van der Waals surface area contributed by atoms with Crippen molar-refractivity contribution in [2.75, 3.05) is 5.32 Å². The van der Waals surface area contributed by atoms with Gasteiger partial charge in [0.2, 0.25) is 5.95 Å². The van der Waals surface area contributed by atoms with Crippen molar-refractivity contribution in [2.45, 2.75) is 40.2 Å². The first-order valence-corrected chi connectivity index (χ1v) is 9.07. The molecular weight excluding hydrogens is 363 g/mol. The van der Waals surface area contributed by atoms with Gasteiger partial charge in [-0.25, -0.2) is 14.4 Å². The molecule has 2 heterocycles. The van der Waals surface area contributed by atoms with E-state index < -0.39 is 0 Å². The van der Waals surface area contributed by atoms with Gasteiger partial charge in [0.05, 0.1) is 5.69 Å². The van der Waals surface area contributed by atoms with Crippen molar-refractivity contribution in [3.63, 3.8) is 0 Å². The van der Waals surface area contributed by atoms with Gasteiger partial charge >= 0.3 is 0 Å². The smallest absolute Gasteiger partial charge is 0.225 e. The maximum absolute atomic E-state index is 13.4. The summed E-state index contributed by atoms with van der Waals surface area (Å²) in [4.78, 5) is 13.6. The zero-order valence-electron chi connectivity index (χ0n) is 16.1. The van der Waals surface area contributed by atoms with Gasteiger partial charge in [-0.3, -0.25) is 4.98 Å². The van der Waals surface area contributed by atoms with E-state index in [0.717, 1.165) is 22.5 Å². The lowest BCUT2D eigenvalue weighted by atomic mass is 10.00. The molecule has 0 radical (unpaired) electrons. The second kappa shape index (κ2) is 7.24. The Kier molecular flexibility index (Phi) is 5.16. The minimum atomic E-state index is -0.302. The molecule has 4 nitrogen and oxygen atoms in total. The highest BCUT2D eigenvalue weighted by Crippen LogP contribution is 2.37. The van der Waals surface area contributed by atoms with E-state index in [1.54, 1.807) is 12.1 Å². The predicted molar refractivity (Wildman–Crippen MR) is 109 cm³/mol. The summed E-state index contributed by atoms with van der Waals surface area (Å²) in [7, 11) is 0. The molecule has 0 bridgehead atoms. The third-order valence-electron chi connectivity index (χ3n) is 3.84. The number of rotatable bonds is 3. The average Bonchev–Trinajstić information content (AvgIpc) is 2.52. The molecule has 0 spiro atoms. The molecule has 0 atom stereocenters. The largest absolute Gasteiger partial charge is 0.350 e. The number of hydrogen-bond donors (Lipinski definition) is 1. The van der Waals surface area contributed by atoms with E-state index in [0.29, 0.717) is 22.4 Å². The molecule has 0 fully saturated rings. The van der Waals surface area contributed by atoms with Crippen molar-refractivity contribution < 1.29 is 4.39 Å². The van der Waals surface area contributed by atoms with Crippen LogP contribution in [0.4, 0.5) is 10.3 Å². The van der Waals surface area contributed by atoms with E-state index in [-0.39, 0.29) is 11.4 Å². The average molecular weight is 385 g/mol. The summed E-state index contributed by atoms with van der Waals surface area (Å²) < 4.78 is 13.4. The van der Waals surface area contributed by atoms with Crippen LogP contribution in [0.5, 0.6) is 0 Å². The molecule has 0 aliphatic carbocycles. The fourth-order valence-corrected chi connectivity index (χ4v) is 3.15. The highest BCUT2D eigenvalue weighted by atomic mass is 35.5. The zero-order chi connectivity index (χ0) is 19.8. The number of nitrogens with one attached hydrogen (secondary N) is 1. The second-order valence-electron chi connectivity index (χ2n) is 7.58. The van der Waals surface area contributed by atoms with E-state index >= 15 is 0 Å². The molecule has 2 aromatic heterocycles. The molecule has 1 aromatic carbocycles. The first-order valence-electron chi connectivity index (χ1n) is 8.70. The summed E-state index contributed by atoms with van der Waals surface area (Å²) in [5.41, 5.74) is 4.52. The van der Waals surface area contributed by atoms with Crippen LogP contribution in [0, 0.1) is 19.7 Å². The normalized spacial score (nSPS) is 11.5. The molecule has 27 heavy (non-hydrogen) atoms. The summed E-state index contributed by atoms with van der Waals surface area (Å²) in [5, 5.41) is 3.59. The van der Waals surface area contributed by atoms with Crippen LogP contribution in [0.15, 0.2) is 36.4 Å². The fraction of sp³-hybridized carbons (Fsp3) is 0.286. The molecule has 3 aromatic rings. The highest BCUT2D eigenvalue weighted by molar-refractivity contribution is 6.32. The molecule has 140 valence electrons. The number of pyridine rings is 1. The first kappa shape index (κ1) is 19.2. The summed E-state index contributed by atoms with van der Waals surface area (Å²) in [6.07, 6.45) is 0. The number of aromatic nitrogens is 3. The van der Waals surface area contributed by atoms with Crippen molar-refractivity contribution in [1.82, 2.24) is 15.0 Å². The SMILES string of the molecule is Cc1cc(-c2c(Cl)nc(NC(C)(C)C)nc2-c2ccc(F)cc2)cc(C)n1. The van der Waals surface area contributed by atoms with Gasteiger partial charge in [-0.1, -0.05) is 11.6 Å². The van der Waals surface area contributed by atoms with Crippen molar-refractivity contribution in [1.29, 1.82) is 0 Å². The molecule has 0 aliphatic rings. The van der Waals surface area contributed by atoms with E-state index in [2.05, 4.69) is 15.3 Å². The predicted octanol–water partition coefficient (Wildman–Crippen LogP) is 5.83. The number of nitrogens with zero attached hydrogens (tertiary/aromatic N) is 3. The summed E-state index contributed by atoms with van der Waals surface area (Å²) in [5.74, 6) is 0.127. The molecule has 3 rings (SSSR count). The van der Waals surface area contributed by atoms with Crippen LogP contribution < -0.4 is 5.32 Å². The molecule has 0 aliphatic heterocycles. The number of aryl methyl sites for hydroxylation is 2. The Bertz CT molecular complexity index is 958. The van der Waals surface area contributed by atoms with E-state index in [9.17, 15) is 4.39 Å². The summed E-state index contributed by atoms with van der Waals surface area (Å²) in [6.45, 7) is 9.92. The van der Waals surface area contributed by atoms with Gasteiger partial charge in [-0.05, 0) is 76.6 Å². The van der Waals surface area contributed by atoms with Crippen LogP contribution in [0.25, 0.3) is 22.4 Å². The fourth-order valence-electron chi connectivity index (χ4n) is 2.88. The molecule has 1 N–H and O–H groups in total. The van der Waals surface area contributed by atoms with Crippen molar-refractivity contribution >= 4 is 17.5 Å². The molecule has 0 amide bonds. The van der Waals surface area contributed by atoms with Gasteiger partial charge in [0.1, 0.15) is 11.0 Å². The number of benzene rings is 1. The Hall–Kier alpha value is -2.53. The molecule has 0 unspecified atom stereocenters. The lowest BCUT2D eigenvalue weighted by Gasteiger charge is -2.22. The molecule has 6 heteroatoms. The van der Waals surface area contributed by atoms with Gasteiger partial charge in [-0.15, -0.1) is 0 Å². The van der Waals surface area contributed by atoms with Crippen LogP contribution in [-0.2, 0) is 0 Å². The molecular formula is C21H22ClFN4. The zero-order valence-corrected chi connectivity index (χ0v) is 16.8. The number of halogens is 2. The maximum atomic E-state index is 13.4. The van der Waals surface area contributed by atoms with Crippen LogP contribution in [-0.4, -0.2) is 20.5 Å². The quantitative estimate of drug-likeness (QED) is 0.577. The van der Waals surface area contributed by atoms with E-state index in [1.165, 1.54) is 12.1 Å². The van der Waals surface area contributed by atoms with Gasteiger partial charge < -0.3 is 5.32 Å². The first-order chi connectivity index (χ1) is 12.6. The van der Waals surface area contributed by atoms with Gasteiger partial charge in [0.25, 0.3) is 0 Å². The number of hydrogen-bond acceptors (Lipinski definition) is 4.